The first-order valence-corrected chi connectivity index (χ1v) is 6.07. The molecule has 0 saturated heterocycles. The molecule has 0 bridgehead atoms. The lowest BCUT2D eigenvalue weighted by Gasteiger charge is -2.01. The molecule has 1 aromatic carbocycles. The fraction of sp³-hybridized carbons (Fsp3) is 0.0769. The molecule has 0 aliphatic rings. The molecule has 0 N–H and O–H groups in total. The molecule has 0 aliphatic carbocycles. The molecule has 2 rings (SSSR count). The third-order valence-electron chi connectivity index (χ3n) is 2.17. The topological polar surface area (TPSA) is 30.0 Å². The zero-order valence-electron chi connectivity index (χ0n) is 8.97. The molecule has 17 heavy (non-hydrogen) atoms. The van der Waals surface area contributed by atoms with E-state index in [4.69, 9.17) is 0 Å². The highest BCUT2D eigenvalue weighted by atomic mass is 32.2. The summed E-state index contributed by atoms with van der Waals surface area (Å²) in [4.78, 5) is 16.2. The summed E-state index contributed by atoms with van der Waals surface area (Å²) >= 11 is 1.39. The van der Waals surface area contributed by atoms with E-state index in [1.165, 1.54) is 24.0 Å². The van der Waals surface area contributed by atoms with E-state index in [1.54, 1.807) is 6.07 Å². The van der Waals surface area contributed by atoms with Crippen molar-refractivity contribution < 1.29 is 9.18 Å². The fourth-order valence-electron chi connectivity index (χ4n) is 1.34. The Labute approximate surface area is 103 Å². The maximum atomic E-state index is 13.2. The van der Waals surface area contributed by atoms with Gasteiger partial charge in [0.25, 0.3) is 0 Å². The summed E-state index contributed by atoms with van der Waals surface area (Å²) in [5.74, 6) is -0.734. The number of halogens is 1. The van der Waals surface area contributed by atoms with Crippen LogP contribution < -0.4 is 0 Å². The van der Waals surface area contributed by atoms with Crippen molar-refractivity contribution in [2.75, 3.05) is 5.75 Å². The number of rotatable bonds is 4. The van der Waals surface area contributed by atoms with Gasteiger partial charge in [0.15, 0.2) is 5.78 Å². The first kappa shape index (κ1) is 11.8. The summed E-state index contributed by atoms with van der Waals surface area (Å²) in [6.07, 6.45) is 1.33. The second-order valence-electron chi connectivity index (χ2n) is 3.37. The van der Waals surface area contributed by atoms with Crippen LogP contribution in [-0.4, -0.2) is 16.5 Å². The van der Waals surface area contributed by atoms with Gasteiger partial charge in [-0.2, -0.15) is 4.39 Å². The Morgan fingerprint density at radius 1 is 1.18 bits per heavy atom. The molecule has 0 saturated carbocycles. The van der Waals surface area contributed by atoms with Crippen molar-refractivity contribution in [3.63, 3.8) is 0 Å². The second-order valence-corrected chi connectivity index (χ2v) is 4.42. The molecule has 0 radical (unpaired) electrons. The molecule has 0 aliphatic heterocycles. The predicted molar refractivity (Wildman–Crippen MR) is 65.7 cm³/mol. The average molecular weight is 247 g/mol. The lowest BCUT2D eigenvalue weighted by atomic mass is 10.2. The van der Waals surface area contributed by atoms with Crippen molar-refractivity contribution in [3.8, 4) is 0 Å². The highest BCUT2D eigenvalue weighted by Gasteiger charge is 2.11. The van der Waals surface area contributed by atoms with Gasteiger partial charge < -0.3 is 0 Å². The molecule has 0 amide bonds. The number of Topliss-reactive ketones (excluding diaryl/α,β-unsaturated/α-hetero) is 1. The number of hydrogen-bond donors (Lipinski definition) is 0. The Hall–Kier alpha value is -1.68. The highest BCUT2D eigenvalue weighted by molar-refractivity contribution is 8.00. The van der Waals surface area contributed by atoms with Crippen LogP contribution in [0.4, 0.5) is 4.39 Å². The molecule has 1 heterocycles. The summed E-state index contributed by atoms with van der Waals surface area (Å²) in [5.41, 5.74) is 0.0518. The number of thioether (sulfide) groups is 1. The van der Waals surface area contributed by atoms with Crippen molar-refractivity contribution >= 4 is 17.5 Å². The summed E-state index contributed by atoms with van der Waals surface area (Å²) in [6, 6.07) is 12.6. The van der Waals surface area contributed by atoms with Crippen LogP contribution in [0.25, 0.3) is 0 Å². The molecular formula is C13H10FNOS. The highest BCUT2D eigenvalue weighted by Crippen LogP contribution is 2.18. The van der Waals surface area contributed by atoms with Crippen LogP contribution >= 0.6 is 11.8 Å². The number of ketones is 1. The number of carbonyl (C=O) groups is 1. The van der Waals surface area contributed by atoms with Gasteiger partial charge in [0.1, 0.15) is 0 Å². The van der Waals surface area contributed by atoms with E-state index < -0.39 is 5.95 Å². The molecule has 0 atom stereocenters. The van der Waals surface area contributed by atoms with E-state index in [1.807, 2.05) is 30.3 Å². The normalized spacial score (nSPS) is 10.2. The van der Waals surface area contributed by atoms with Crippen LogP contribution in [0.3, 0.4) is 0 Å². The van der Waals surface area contributed by atoms with E-state index in [0.717, 1.165) is 4.90 Å². The Morgan fingerprint density at radius 2 is 1.94 bits per heavy atom. The van der Waals surface area contributed by atoms with Gasteiger partial charge in [0.2, 0.25) is 5.95 Å². The predicted octanol–water partition coefficient (Wildman–Crippen LogP) is 3.20. The van der Waals surface area contributed by atoms with Crippen molar-refractivity contribution in [2.45, 2.75) is 4.90 Å². The third-order valence-corrected chi connectivity index (χ3v) is 3.18. The Balaban J connectivity index is 2.01. The average Bonchev–Trinajstić information content (AvgIpc) is 2.38. The summed E-state index contributed by atoms with van der Waals surface area (Å²) < 4.78 is 13.2. The third kappa shape index (κ3) is 3.14. The molecule has 0 unspecified atom stereocenters. The van der Waals surface area contributed by atoms with Crippen molar-refractivity contribution in [3.05, 3.63) is 60.2 Å². The zero-order chi connectivity index (χ0) is 12.1. The van der Waals surface area contributed by atoms with Gasteiger partial charge in [-0.15, -0.1) is 11.8 Å². The van der Waals surface area contributed by atoms with Gasteiger partial charge >= 0.3 is 0 Å². The number of nitrogens with zero attached hydrogens (tertiary/aromatic N) is 1. The van der Waals surface area contributed by atoms with E-state index in [-0.39, 0.29) is 17.1 Å². The molecule has 4 heteroatoms. The number of benzene rings is 1. The van der Waals surface area contributed by atoms with Crippen molar-refractivity contribution in [1.29, 1.82) is 0 Å². The van der Waals surface area contributed by atoms with Crippen molar-refractivity contribution in [2.24, 2.45) is 0 Å². The largest absolute Gasteiger partial charge is 0.293 e. The minimum Gasteiger partial charge on any atom is -0.293 e. The summed E-state index contributed by atoms with van der Waals surface area (Å²) in [7, 11) is 0. The van der Waals surface area contributed by atoms with Gasteiger partial charge in [-0.05, 0) is 24.3 Å². The quantitative estimate of drug-likeness (QED) is 0.472. The first-order valence-electron chi connectivity index (χ1n) is 5.09. The van der Waals surface area contributed by atoms with Gasteiger partial charge in [-0.25, -0.2) is 4.98 Å². The Kier molecular flexibility index (Phi) is 3.88. The second kappa shape index (κ2) is 5.59. The minimum absolute atomic E-state index is 0.0518. The molecule has 2 nitrogen and oxygen atoms in total. The molecule has 1 aromatic heterocycles. The fourth-order valence-corrected chi connectivity index (χ4v) is 2.14. The van der Waals surface area contributed by atoms with Gasteiger partial charge in [-0.1, -0.05) is 18.2 Å². The van der Waals surface area contributed by atoms with Crippen LogP contribution in [0, 0.1) is 5.95 Å². The number of hydrogen-bond acceptors (Lipinski definition) is 3. The number of aromatic nitrogens is 1. The smallest absolute Gasteiger partial charge is 0.223 e. The van der Waals surface area contributed by atoms with Crippen LogP contribution in [0.15, 0.2) is 53.6 Å². The van der Waals surface area contributed by atoms with Crippen LogP contribution in [0.1, 0.15) is 10.4 Å². The number of pyridine rings is 1. The Morgan fingerprint density at radius 3 is 2.65 bits per heavy atom. The van der Waals surface area contributed by atoms with Gasteiger partial charge in [0.05, 0.1) is 11.3 Å². The number of carbonyl (C=O) groups excluding carboxylic acids is 1. The lowest BCUT2D eigenvalue weighted by molar-refractivity contribution is 0.101. The molecule has 86 valence electrons. The van der Waals surface area contributed by atoms with E-state index in [9.17, 15) is 9.18 Å². The molecular weight excluding hydrogens is 237 g/mol. The summed E-state index contributed by atoms with van der Waals surface area (Å²) in [6.45, 7) is 0. The van der Waals surface area contributed by atoms with E-state index in [0.29, 0.717) is 0 Å². The maximum Gasteiger partial charge on any atom is 0.223 e. The standard InChI is InChI=1S/C13H10FNOS/c14-13-11(7-4-8-15-13)12(16)9-17-10-5-2-1-3-6-10/h1-8H,9H2. The first-order chi connectivity index (χ1) is 8.27. The van der Waals surface area contributed by atoms with Crippen molar-refractivity contribution in [1.82, 2.24) is 4.98 Å². The van der Waals surface area contributed by atoms with E-state index in [2.05, 4.69) is 4.98 Å². The minimum atomic E-state index is -0.703. The Bertz CT molecular complexity index is 516. The van der Waals surface area contributed by atoms with Crippen LogP contribution in [0.2, 0.25) is 0 Å². The molecule has 2 aromatic rings. The summed E-state index contributed by atoms with van der Waals surface area (Å²) in [5, 5.41) is 0. The van der Waals surface area contributed by atoms with Gasteiger partial charge in [0, 0.05) is 11.1 Å². The van der Waals surface area contributed by atoms with Crippen LogP contribution in [0.5, 0.6) is 0 Å². The zero-order valence-corrected chi connectivity index (χ0v) is 9.78. The maximum absolute atomic E-state index is 13.2. The van der Waals surface area contributed by atoms with Gasteiger partial charge in [-0.3, -0.25) is 4.79 Å². The van der Waals surface area contributed by atoms with E-state index >= 15 is 0 Å². The SMILES string of the molecule is O=C(CSc1ccccc1)c1cccnc1F. The van der Waals surface area contributed by atoms with Crippen LogP contribution in [-0.2, 0) is 0 Å². The monoisotopic (exact) mass is 247 g/mol. The molecule has 0 spiro atoms. The molecule has 0 fully saturated rings. The lowest BCUT2D eigenvalue weighted by Crippen LogP contribution is -2.06.